The first-order valence-electron chi connectivity index (χ1n) is 8.22. The Hall–Kier alpha value is -3.76. The van der Waals surface area contributed by atoms with Crippen LogP contribution in [0.1, 0.15) is 18.5 Å². The number of benzene rings is 1. The molecule has 1 unspecified atom stereocenters. The van der Waals surface area contributed by atoms with Crippen molar-refractivity contribution in [3.8, 4) is 5.88 Å². The zero-order valence-electron chi connectivity index (χ0n) is 15.1. The van der Waals surface area contributed by atoms with Crippen molar-refractivity contribution in [1.29, 1.82) is 0 Å². The molecule has 2 aromatic heterocycles. The molecule has 0 bridgehead atoms. The van der Waals surface area contributed by atoms with E-state index in [0.29, 0.717) is 12.2 Å². The van der Waals surface area contributed by atoms with E-state index in [0.717, 1.165) is 16.4 Å². The fourth-order valence-corrected chi connectivity index (χ4v) is 2.54. The van der Waals surface area contributed by atoms with E-state index in [-0.39, 0.29) is 17.4 Å². The fourth-order valence-electron chi connectivity index (χ4n) is 2.54. The van der Waals surface area contributed by atoms with Crippen molar-refractivity contribution in [2.45, 2.75) is 19.5 Å². The van der Waals surface area contributed by atoms with Crippen molar-refractivity contribution in [3.05, 3.63) is 64.4 Å². The minimum atomic E-state index is -0.825. The Kier molecular flexibility index (Phi) is 5.34. The lowest BCUT2D eigenvalue weighted by Crippen LogP contribution is -2.23. The van der Waals surface area contributed by atoms with E-state index in [1.807, 2.05) is 0 Å². The van der Waals surface area contributed by atoms with Gasteiger partial charge in [-0.1, -0.05) is 12.1 Å². The van der Waals surface area contributed by atoms with Crippen LogP contribution in [0.15, 0.2) is 42.9 Å². The Morgan fingerprint density at radius 1 is 1.43 bits per heavy atom. The van der Waals surface area contributed by atoms with Gasteiger partial charge in [0.2, 0.25) is 5.91 Å². The van der Waals surface area contributed by atoms with E-state index in [1.165, 1.54) is 25.4 Å². The van der Waals surface area contributed by atoms with Crippen LogP contribution in [0.2, 0.25) is 0 Å². The lowest BCUT2D eigenvalue weighted by molar-refractivity contribution is -0.385. The van der Waals surface area contributed by atoms with Gasteiger partial charge in [-0.3, -0.25) is 19.6 Å². The minimum absolute atomic E-state index is 0.174. The number of anilines is 1. The fraction of sp³-hybridized carbons (Fsp3) is 0.235. The predicted molar refractivity (Wildman–Crippen MR) is 96.5 cm³/mol. The number of nitrogens with one attached hydrogen (secondary N) is 1. The largest absolute Gasteiger partial charge is 0.475 e. The van der Waals surface area contributed by atoms with E-state index < -0.39 is 16.9 Å². The van der Waals surface area contributed by atoms with Crippen molar-refractivity contribution in [1.82, 2.24) is 19.6 Å². The molecule has 0 saturated heterocycles. The number of halogens is 1. The molecule has 0 spiro atoms. The Morgan fingerprint density at radius 3 is 2.86 bits per heavy atom. The summed E-state index contributed by atoms with van der Waals surface area (Å²) >= 11 is 0. The Labute approximate surface area is 158 Å². The number of aromatic nitrogens is 4. The molecular formula is C17H17FN6O4. The number of carbonyl (C=O) groups excluding carboxylic acids is 1. The molecule has 0 radical (unpaired) electrons. The van der Waals surface area contributed by atoms with Gasteiger partial charge in [0.05, 0.1) is 30.5 Å². The van der Waals surface area contributed by atoms with Gasteiger partial charge in [-0.15, -0.1) is 5.10 Å². The predicted octanol–water partition coefficient (Wildman–Crippen LogP) is 2.38. The first kappa shape index (κ1) is 19.0. The molecule has 2 heterocycles. The first-order valence-corrected chi connectivity index (χ1v) is 8.22. The number of ether oxygens (including phenoxy) is 1. The van der Waals surface area contributed by atoms with Gasteiger partial charge < -0.3 is 10.1 Å². The van der Waals surface area contributed by atoms with Gasteiger partial charge in [-0.25, -0.2) is 9.07 Å². The zero-order chi connectivity index (χ0) is 20.3. The summed E-state index contributed by atoms with van der Waals surface area (Å²) in [4.78, 5) is 22.8. The van der Waals surface area contributed by atoms with Crippen LogP contribution >= 0.6 is 0 Å². The summed E-state index contributed by atoms with van der Waals surface area (Å²) in [5.41, 5.74) is 0.831. The van der Waals surface area contributed by atoms with Crippen molar-refractivity contribution >= 4 is 17.3 Å². The van der Waals surface area contributed by atoms with Crippen LogP contribution in [0.3, 0.4) is 0 Å². The van der Waals surface area contributed by atoms with Crippen molar-refractivity contribution in [3.63, 3.8) is 0 Å². The molecule has 0 fully saturated rings. The van der Waals surface area contributed by atoms with Gasteiger partial charge in [0, 0.05) is 6.20 Å². The van der Waals surface area contributed by atoms with Crippen molar-refractivity contribution in [2.75, 3.05) is 12.4 Å². The third kappa shape index (κ3) is 4.14. The molecule has 11 heteroatoms. The number of carbonyl (C=O) groups is 1. The van der Waals surface area contributed by atoms with Crippen LogP contribution in [-0.4, -0.2) is 37.5 Å². The molecule has 28 heavy (non-hydrogen) atoms. The summed E-state index contributed by atoms with van der Waals surface area (Å²) in [5.74, 6) is -0.950. The summed E-state index contributed by atoms with van der Waals surface area (Å²) in [6.45, 7) is 1.88. The third-order valence-electron chi connectivity index (χ3n) is 3.98. The number of hydrogen-bond donors (Lipinski definition) is 1. The molecule has 3 rings (SSSR count). The molecule has 1 aromatic carbocycles. The van der Waals surface area contributed by atoms with Crippen molar-refractivity contribution in [2.24, 2.45) is 0 Å². The summed E-state index contributed by atoms with van der Waals surface area (Å²) < 4.78 is 20.8. The molecule has 146 valence electrons. The number of methoxy groups -OCH3 is 1. The molecule has 1 atom stereocenters. The molecule has 0 saturated carbocycles. The maximum Gasteiger partial charge on any atom is 0.350 e. The van der Waals surface area contributed by atoms with E-state index in [2.05, 4.69) is 15.5 Å². The average molecular weight is 388 g/mol. The molecule has 0 aliphatic rings. The van der Waals surface area contributed by atoms with Crippen LogP contribution in [0.25, 0.3) is 0 Å². The quantitative estimate of drug-likeness (QED) is 0.491. The number of rotatable bonds is 7. The Balaban J connectivity index is 1.68. The highest BCUT2D eigenvalue weighted by Crippen LogP contribution is 2.26. The van der Waals surface area contributed by atoms with Crippen LogP contribution in [0.4, 0.5) is 15.8 Å². The highest BCUT2D eigenvalue weighted by atomic mass is 19.1. The third-order valence-corrected chi connectivity index (χ3v) is 3.98. The van der Waals surface area contributed by atoms with Gasteiger partial charge in [-0.2, -0.15) is 5.10 Å². The molecule has 1 amide bonds. The monoisotopic (exact) mass is 388 g/mol. The highest BCUT2D eigenvalue weighted by molar-refractivity contribution is 5.93. The highest BCUT2D eigenvalue weighted by Gasteiger charge is 2.25. The zero-order valence-corrected chi connectivity index (χ0v) is 15.1. The summed E-state index contributed by atoms with van der Waals surface area (Å²) in [6, 6.07) is 5.31. The summed E-state index contributed by atoms with van der Waals surface area (Å²) in [5, 5.41) is 21.7. The Bertz CT molecular complexity index is 1010. The van der Waals surface area contributed by atoms with Gasteiger partial charge in [0.15, 0.2) is 0 Å². The lowest BCUT2D eigenvalue weighted by atomic mass is 10.2. The molecular weight excluding hydrogens is 371 g/mol. The topological polar surface area (TPSA) is 117 Å². The normalized spacial score (nSPS) is 11.8. The first-order chi connectivity index (χ1) is 13.4. The van der Waals surface area contributed by atoms with E-state index >= 15 is 0 Å². The molecule has 1 N–H and O–H groups in total. The van der Waals surface area contributed by atoms with E-state index in [1.54, 1.807) is 29.9 Å². The van der Waals surface area contributed by atoms with Crippen LogP contribution in [0, 0.1) is 15.9 Å². The van der Waals surface area contributed by atoms with Gasteiger partial charge in [0.1, 0.15) is 18.1 Å². The molecule has 0 aliphatic carbocycles. The molecule has 0 aliphatic heterocycles. The van der Waals surface area contributed by atoms with Gasteiger partial charge in [-0.05, 0) is 24.6 Å². The number of nitrogens with zero attached hydrogens (tertiary/aromatic N) is 5. The maximum atomic E-state index is 13.3. The average Bonchev–Trinajstić information content (AvgIpc) is 3.28. The van der Waals surface area contributed by atoms with Crippen LogP contribution < -0.4 is 10.1 Å². The number of amides is 1. The maximum absolute atomic E-state index is 13.3. The summed E-state index contributed by atoms with van der Waals surface area (Å²) in [7, 11) is 1.26. The second kappa shape index (κ2) is 7.86. The van der Waals surface area contributed by atoms with Crippen LogP contribution in [0.5, 0.6) is 5.88 Å². The minimum Gasteiger partial charge on any atom is -0.475 e. The molecule has 3 aromatic rings. The summed E-state index contributed by atoms with van der Waals surface area (Å²) in [6.07, 6.45) is 4.19. The SMILES string of the molecule is COc1nn(C(C)C(=O)Nc2cnn(Cc3cccc(F)c3)c2)cc1[N+](=O)[O-]. The van der Waals surface area contributed by atoms with Crippen LogP contribution in [-0.2, 0) is 11.3 Å². The van der Waals surface area contributed by atoms with E-state index in [9.17, 15) is 19.3 Å². The standard InChI is InChI=1S/C17H17FN6O4/c1-11(23-10-15(24(26)27)17(21-23)28-2)16(25)20-14-7-19-22(9-14)8-12-4-3-5-13(18)6-12/h3-7,9-11H,8H2,1-2H3,(H,20,25). The lowest BCUT2D eigenvalue weighted by Gasteiger charge is -2.10. The second-order valence-electron chi connectivity index (χ2n) is 5.98. The number of nitro groups is 1. The van der Waals surface area contributed by atoms with E-state index in [4.69, 9.17) is 4.74 Å². The van der Waals surface area contributed by atoms with Gasteiger partial charge >= 0.3 is 11.6 Å². The second-order valence-corrected chi connectivity index (χ2v) is 5.98. The van der Waals surface area contributed by atoms with Crippen molar-refractivity contribution < 1.29 is 18.8 Å². The smallest absolute Gasteiger partial charge is 0.350 e. The van der Waals surface area contributed by atoms with Gasteiger partial charge in [0.25, 0.3) is 0 Å². The molecule has 10 nitrogen and oxygen atoms in total. The number of hydrogen-bond acceptors (Lipinski definition) is 6. The Morgan fingerprint density at radius 2 is 2.21 bits per heavy atom.